The highest BCUT2D eigenvalue weighted by atomic mass is 35.5. The molecule has 0 aliphatic carbocycles. The maximum absolute atomic E-state index is 13.5. The Morgan fingerprint density at radius 1 is 1.06 bits per heavy atom. The van der Waals surface area contributed by atoms with Gasteiger partial charge in [0.2, 0.25) is 0 Å². The number of ether oxygens (including phenoxy) is 1. The lowest BCUT2D eigenvalue weighted by Crippen LogP contribution is -2.38. The van der Waals surface area contributed by atoms with Crippen molar-refractivity contribution in [3.05, 3.63) is 75.9 Å². The lowest BCUT2D eigenvalue weighted by Gasteiger charge is -2.29. The predicted molar refractivity (Wildman–Crippen MR) is 130 cm³/mol. The lowest BCUT2D eigenvalue weighted by molar-refractivity contribution is 0.0354. The highest BCUT2D eigenvalue weighted by Gasteiger charge is 2.41. The molecular weight excluding hydrogens is 436 g/mol. The van der Waals surface area contributed by atoms with Crippen LogP contribution < -0.4 is 0 Å². The smallest absolute Gasteiger partial charge is 0.273 e. The average molecular weight is 465 g/mol. The van der Waals surface area contributed by atoms with Crippen LogP contribution in [0.4, 0.5) is 0 Å². The molecule has 0 bridgehead atoms. The third-order valence-electron chi connectivity index (χ3n) is 6.66. The molecule has 3 heterocycles. The van der Waals surface area contributed by atoms with Gasteiger partial charge in [0.15, 0.2) is 0 Å². The molecule has 1 atom stereocenters. The van der Waals surface area contributed by atoms with Gasteiger partial charge in [-0.25, -0.2) is 0 Å². The minimum atomic E-state index is -0.160. The van der Waals surface area contributed by atoms with Crippen molar-refractivity contribution in [1.29, 1.82) is 0 Å². The van der Waals surface area contributed by atoms with Crippen LogP contribution in [-0.4, -0.2) is 65.3 Å². The quantitative estimate of drug-likeness (QED) is 0.556. The predicted octanol–water partition coefficient (Wildman–Crippen LogP) is 4.56. The molecule has 172 valence electrons. The number of aromatic nitrogens is 2. The first kappa shape index (κ1) is 22.1. The Balaban J connectivity index is 1.47. The van der Waals surface area contributed by atoms with Crippen LogP contribution in [0.5, 0.6) is 0 Å². The van der Waals surface area contributed by atoms with E-state index in [0.717, 1.165) is 68.1 Å². The van der Waals surface area contributed by atoms with E-state index in [9.17, 15) is 4.79 Å². The van der Waals surface area contributed by atoms with Crippen molar-refractivity contribution in [2.45, 2.75) is 25.8 Å². The molecule has 1 aromatic heterocycles. The SMILES string of the molecule is CCc1ccc(C2c3c(-c4ccc(Cl)cc4)n[nH]c3C(=O)N2CCCN2CCOCC2)cc1. The number of carbonyl (C=O) groups excluding carboxylic acids is 1. The van der Waals surface area contributed by atoms with Crippen molar-refractivity contribution in [3.63, 3.8) is 0 Å². The number of aromatic amines is 1. The third kappa shape index (κ3) is 4.43. The van der Waals surface area contributed by atoms with Crippen molar-refractivity contribution >= 4 is 17.5 Å². The summed E-state index contributed by atoms with van der Waals surface area (Å²) < 4.78 is 5.46. The molecule has 33 heavy (non-hydrogen) atoms. The van der Waals surface area contributed by atoms with Gasteiger partial charge in [0.1, 0.15) is 5.69 Å². The number of aryl methyl sites for hydroxylation is 1. The van der Waals surface area contributed by atoms with Crippen LogP contribution in [0.15, 0.2) is 48.5 Å². The second kappa shape index (κ2) is 9.67. The molecule has 5 rings (SSSR count). The van der Waals surface area contributed by atoms with E-state index < -0.39 is 0 Å². The Labute approximate surface area is 199 Å². The Bertz CT molecular complexity index is 1100. The number of fused-ring (bicyclic) bond motifs is 1. The first-order valence-corrected chi connectivity index (χ1v) is 12.1. The summed E-state index contributed by atoms with van der Waals surface area (Å²) in [5.41, 5.74) is 5.72. The molecule has 1 N–H and O–H groups in total. The van der Waals surface area contributed by atoms with Gasteiger partial charge in [0, 0.05) is 42.3 Å². The van der Waals surface area contributed by atoms with Crippen molar-refractivity contribution in [2.24, 2.45) is 0 Å². The molecule has 6 nitrogen and oxygen atoms in total. The standard InChI is InChI=1S/C26H29ClN4O2/c1-2-18-4-6-20(7-5-18)25-22-23(19-8-10-21(27)11-9-19)28-29-24(22)26(32)31(25)13-3-12-30-14-16-33-17-15-30/h4-11,25H,2-3,12-17H2,1H3,(H,28,29). The molecule has 0 saturated carbocycles. The number of carbonyl (C=O) groups is 1. The Morgan fingerprint density at radius 3 is 2.48 bits per heavy atom. The van der Waals surface area contributed by atoms with E-state index in [4.69, 9.17) is 16.3 Å². The summed E-state index contributed by atoms with van der Waals surface area (Å²) in [5.74, 6) is 0.0178. The monoisotopic (exact) mass is 464 g/mol. The van der Waals surface area contributed by atoms with Gasteiger partial charge in [0.25, 0.3) is 5.91 Å². The number of amides is 1. The van der Waals surface area contributed by atoms with Crippen molar-refractivity contribution < 1.29 is 9.53 Å². The molecule has 1 amide bonds. The van der Waals surface area contributed by atoms with E-state index in [0.29, 0.717) is 17.3 Å². The number of nitrogens with one attached hydrogen (secondary N) is 1. The third-order valence-corrected chi connectivity index (χ3v) is 6.91. The zero-order chi connectivity index (χ0) is 22.8. The van der Waals surface area contributed by atoms with Crippen LogP contribution in [0.25, 0.3) is 11.3 Å². The van der Waals surface area contributed by atoms with Gasteiger partial charge >= 0.3 is 0 Å². The lowest BCUT2D eigenvalue weighted by atomic mass is 9.95. The second-order valence-corrected chi connectivity index (χ2v) is 9.11. The van der Waals surface area contributed by atoms with E-state index in [-0.39, 0.29) is 11.9 Å². The highest BCUT2D eigenvalue weighted by Crippen LogP contribution is 2.43. The van der Waals surface area contributed by atoms with Gasteiger partial charge in [-0.15, -0.1) is 0 Å². The van der Waals surface area contributed by atoms with E-state index in [1.165, 1.54) is 5.56 Å². The molecule has 2 aromatic carbocycles. The molecule has 2 aliphatic heterocycles. The molecule has 0 spiro atoms. The fourth-order valence-corrected chi connectivity index (χ4v) is 4.95. The van der Waals surface area contributed by atoms with Gasteiger partial charge in [0.05, 0.1) is 24.9 Å². The fraction of sp³-hybridized carbons (Fsp3) is 0.385. The number of rotatable bonds is 7. The van der Waals surface area contributed by atoms with E-state index >= 15 is 0 Å². The van der Waals surface area contributed by atoms with Crippen LogP contribution in [0.1, 0.15) is 46.6 Å². The summed E-state index contributed by atoms with van der Waals surface area (Å²) in [6.45, 7) is 7.30. The number of halogens is 1. The molecule has 1 fully saturated rings. The van der Waals surface area contributed by atoms with Crippen molar-refractivity contribution in [3.8, 4) is 11.3 Å². The Morgan fingerprint density at radius 2 is 1.79 bits per heavy atom. The largest absolute Gasteiger partial charge is 0.379 e. The molecule has 7 heteroatoms. The summed E-state index contributed by atoms with van der Waals surface area (Å²) in [4.78, 5) is 17.9. The summed E-state index contributed by atoms with van der Waals surface area (Å²) in [6.07, 6.45) is 1.91. The van der Waals surface area contributed by atoms with Gasteiger partial charge in [-0.3, -0.25) is 14.8 Å². The molecule has 3 aromatic rings. The average Bonchev–Trinajstić information content (AvgIpc) is 3.40. The highest BCUT2D eigenvalue weighted by molar-refractivity contribution is 6.30. The topological polar surface area (TPSA) is 61.5 Å². The molecular formula is C26H29ClN4O2. The molecule has 1 unspecified atom stereocenters. The summed E-state index contributed by atoms with van der Waals surface area (Å²) >= 11 is 6.11. The molecule has 1 saturated heterocycles. The number of H-pyrrole nitrogens is 1. The van der Waals surface area contributed by atoms with Crippen LogP contribution in [0.2, 0.25) is 5.02 Å². The number of hydrogen-bond donors (Lipinski definition) is 1. The number of benzene rings is 2. The zero-order valence-electron chi connectivity index (χ0n) is 18.9. The minimum absolute atomic E-state index is 0.0178. The van der Waals surface area contributed by atoms with Gasteiger partial charge in [-0.2, -0.15) is 5.10 Å². The van der Waals surface area contributed by atoms with Crippen LogP contribution in [0, 0.1) is 0 Å². The van der Waals surface area contributed by atoms with Crippen LogP contribution in [0.3, 0.4) is 0 Å². The normalized spacial score (nSPS) is 18.7. The second-order valence-electron chi connectivity index (χ2n) is 8.67. The van der Waals surface area contributed by atoms with Gasteiger partial charge < -0.3 is 9.64 Å². The Hall–Kier alpha value is -2.67. The van der Waals surface area contributed by atoms with E-state index in [1.54, 1.807) is 0 Å². The number of hydrogen-bond acceptors (Lipinski definition) is 4. The van der Waals surface area contributed by atoms with Crippen molar-refractivity contribution in [2.75, 3.05) is 39.4 Å². The first-order chi connectivity index (χ1) is 16.2. The maximum Gasteiger partial charge on any atom is 0.273 e. The summed E-state index contributed by atoms with van der Waals surface area (Å²) in [6, 6.07) is 16.1. The molecule has 0 radical (unpaired) electrons. The molecule has 2 aliphatic rings. The zero-order valence-corrected chi connectivity index (χ0v) is 19.6. The number of nitrogens with zero attached hydrogens (tertiary/aromatic N) is 3. The van der Waals surface area contributed by atoms with Gasteiger partial charge in [-0.1, -0.05) is 54.9 Å². The Kier molecular flexibility index (Phi) is 6.49. The van der Waals surface area contributed by atoms with Crippen LogP contribution >= 0.6 is 11.6 Å². The minimum Gasteiger partial charge on any atom is -0.379 e. The first-order valence-electron chi connectivity index (χ1n) is 11.7. The fourth-order valence-electron chi connectivity index (χ4n) is 4.83. The summed E-state index contributed by atoms with van der Waals surface area (Å²) in [7, 11) is 0. The summed E-state index contributed by atoms with van der Waals surface area (Å²) in [5, 5.41) is 8.27. The van der Waals surface area contributed by atoms with Gasteiger partial charge in [-0.05, 0) is 36.1 Å². The van der Waals surface area contributed by atoms with Crippen LogP contribution in [-0.2, 0) is 11.2 Å². The van der Waals surface area contributed by atoms with E-state index in [1.807, 2.05) is 29.2 Å². The maximum atomic E-state index is 13.5. The number of morpholine rings is 1. The van der Waals surface area contributed by atoms with Crippen molar-refractivity contribution in [1.82, 2.24) is 20.0 Å². The van der Waals surface area contributed by atoms with E-state index in [2.05, 4.69) is 46.3 Å².